The minimum Gasteiger partial charge on any atom is -0.379 e. The van der Waals surface area contributed by atoms with E-state index in [0.717, 1.165) is 11.5 Å². The van der Waals surface area contributed by atoms with Crippen molar-refractivity contribution in [2.75, 3.05) is 20.3 Å². The quantitative estimate of drug-likeness (QED) is 0.837. The van der Waals surface area contributed by atoms with Gasteiger partial charge in [-0.25, -0.2) is 0 Å². The standard InChI is InChI=1S/C14H19N5O2/c1-9(13-18-17-12-5-3-4-6-19(12)13)16-14(20)10-7-21-8-11(10)15-2/h3-6,9-11,15H,7-8H2,1-2H3,(H,16,20). The number of nitrogens with one attached hydrogen (secondary N) is 2. The van der Waals surface area contributed by atoms with E-state index in [-0.39, 0.29) is 23.9 Å². The largest absolute Gasteiger partial charge is 0.379 e. The SMILES string of the molecule is CNC1COCC1C(=O)NC(C)c1nnc2ccccn12. The number of carbonyl (C=O) groups is 1. The molecule has 3 heterocycles. The fourth-order valence-corrected chi connectivity index (χ4v) is 2.64. The van der Waals surface area contributed by atoms with Crippen molar-refractivity contribution in [2.45, 2.75) is 19.0 Å². The van der Waals surface area contributed by atoms with Crippen LogP contribution in [0.5, 0.6) is 0 Å². The van der Waals surface area contributed by atoms with Crippen molar-refractivity contribution in [3.05, 3.63) is 30.2 Å². The number of amides is 1. The van der Waals surface area contributed by atoms with Crippen molar-refractivity contribution >= 4 is 11.6 Å². The topological polar surface area (TPSA) is 80.5 Å². The van der Waals surface area contributed by atoms with Gasteiger partial charge in [-0.1, -0.05) is 6.07 Å². The number of ether oxygens (including phenoxy) is 1. The smallest absolute Gasteiger partial charge is 0.227 e. The lowest BCUT2D eigenvalue weighted by atomic mass is 10.0. The maximum Gasteiger partial charge on any atom is 0.227 e. The third-order valence-corrected chi connectivity index (χ3v) is 3.87. The highest BCUT2D eigenvalue weighted by Crippen LogP contribution is 2.17. The van der Waals surface area contributed by atoms with Crippen LogP contribution in [0.25, 0.3) is 5.65 Å². The molecule has 112 valence electrons. The predicted octanol–water partition coefficient (Wildman–Crippen LogP) is 0.141. The Hall–Kier alpha value is -1.99. The van der Waals surface area contributed by atoms with E-state index in [0.29, 0.717) is 13.2 Å². The Kier molecular flexibility index (Phi) is 3.85. The summed E-state index contributed by atoms with van der Waals surface area (Å²) in [6.07, 6.45) is 1.89. The van der Waals surface area contributed by atoms with Gasteiger partial charge in [-0.3, -0.25) is 9.20 Å². The molecule has 1 amide bonds. The summed E-state index contributed by atoms with van der Waals surface area (Å²) in [5.41, 5.74) is 0.769. The normalized spacial score (nSPS) is 23.3. The van der Waals surface area contributed by atoms with Crippen LogP contribution in [0.1, 0.15) is 18.8 Å². The van der Waals surface area contributed by atoms with E-state index in [9.17, 15) is 4.79 Å². The van der Waals surface area contributed by atoms with E-state index >= 15 is 0 Å². The van der Waals surface area contributed by atoms with E-state index in [1.54, 1.807) is 0 Å². The molecule has 1 aliphatic rings. The molecule has 0 aromatic carbocycles. The fraction of sp³-hybridized carbons (Fsp3) is 0.500. The number of likely N-dealkylation sites (N-methyl/N-ethyl adjacent to an activating group) is 1. The van der Waals surface area contributed by atoms with Crippen LogP contribution in [-0.2, 0) is 9.53 Å². The highest BCUT2D eigenvalue weighted by molar-refractivity contribution is 5.80. The first-order valence-corrected chi connectivity index (χ1v) is 7.05. The Morgan fingerprint density at radius 1 is 1.43 bits per heavy atom. The van der Waals surface area contributed by atoms with Crippen molar-refractivity contribution in [3.63, 3.8) is 0 Å². The van der Waals surface area contributed by atoms with Crippen LogP contribution in [0.15, 0.2) is 24.4 Å². The molecule has 0 spiro atoms. The molecule has 3 unspecified atom stereocenters. The average molecular weight is 289 g/mol. The molecular weight excluding hydrogens is 270 g/mol. The third-order valence-electron chi connectivity index (χ3n) is 3.87. The van der Waals surface area contributed by atoms with Crippen molar-refractivity contribution in [2.24, 2.45) is 5.92 Å². The van der Waals surface area contributed by atoms with Gasteiger partial charge >= 0.3 is 0 Å². The summed E-state index contributed by atoms with van der Waals surface area (Å²) in [6.45, 7) is 2.92. The van der Waals surface area contributed by atoms with E-state index < -0.39 is 0 Å². The van der Waals surface area contributed by atoms with E-state index in [1.165, 1.54) is 0 Å². The van der Waals surface area contributed by atoms with E-state index in [2.05, 4.69) is 20.8 Å². The lowest BCUT2D eigenvalue weighted by Crippen LogP contribution is -2.43. The number of pyridine rings is 1. The van der Waals surface area contributed by atoms with Gasteiger partial charge < -0.3 is 15.4 Å². The van der Waals surface area contributed by atoms with Crippen LogP contribution < -0.4 is 10.6 Å². The van der Waals surface area contributed by atoms with Crippen LogP contribution in [0.4, 0.5) is 0 Å². The Balaban J connectivity index is 1.74. The highest BCUT2D eigenvalue weighted by Gasteiger charge is 2.33. The van der Waals surface area contributed by atoms with Gasteiger partial charge in [0.15, 0.2) is 11.5 Å². The van der Waals surface area contributed by atoms with Crippen LogP contribution in [0.2, 0.25) is 0 Å². The lowest BCUT2D eigenvalue weighted by Gasteiger charge is -2.19. The predicted molar refractivity (Wildman–Crippen MR) is 76.7 cm³/mol. The first kappa shape index (κ1) is 14.0. The molecule has 2 aromatic heterocycles. The Morgan fingerprint density at radius 3 is 3.10 bits per heavy atom. The van der Waals surface area contributed by atoms with Gasteiger partial charge in [-0.2, -0.15) is 0 Å². The molecule has 0 radical (unpaired) electrons. The maximum atomic E-state index is 12.4. The average Bonchev–Trinajstić information content (AvgIpc) is 3.13. The van der Waals surface area contributed by atoms with Crippen LogP contribution >= 0.6 is 0 Å². The molecule has 1 aliphatic heterocycles. The first-order chi connectivity index (χ1) is 10.2. The van der Waals surface area contributed by atoms with Gasteiger partial charge in [-0.15, -0.1) is 10.2 Å². The fourth-order valence-electron chi connectivity index (χ4n) is 2.64. The van der Waals surface area contributed by atoms with Crippen molar-refractivity contribution in [3.8, 4) is 0 Å². The van der Waals surface area contributed by atoms with Gasteiger partial charge in [-0.05, 0) is 26.1 Å². The van der Waals surface area contributed by atoms with Crippen LogP contribution in [-0.4, -0.2) is 46.8 Å². The zero-order chi connectivity index (χ0) is 14.8. The minimum absolute atomic E-state index is 0.0213. The molecule has 0 saturated carbocycles. The highest BCUT2D eigenvalue weighted by atomic mass is 16.5. The number of hydrogen-bond donors (Lipinski definition) is 2. The zero-order valence-corrected chi connectivity index (χ0v) is 12.1. The Morgan fingerprint density at radius 2 is 2.29 bits per heavy atom. The second kappa shape index (κ2) is 5.79. The molecule has 0 aliphatic carbocycles. The molecule has 1 saturated heterocycles. The summed E-state index contributed by atoms with van der Waals surface area (Å²) in [7, 11) is 1.84. The summed E-state index contributed by atoms with van der Waals surface area (Å²) in [6, 6.07) is 5.55. The minimum atomic E-state index is -0.215. The number of hydrogen-bond acceptors (Lipinski definition) is 5. The summed E-state index contributed by atoms with van der Waals surface area (Å²) < 4.78 is 7.25. The summed E-state index contributed by atoms with van der Waals surface area (Å²) >= 11 is 0. The van der Waals surface area contributed by atoms with Crippen molar-refractivity contribution in [1.82, 2.24) is 25.2 Å². The number of fused-ring (bicyclic) bond motifs is 1. The van der Waals surface area contributed by atoms with Crippen LogP contribution in [0.3, 0.4) is 0 Å². The van der Waals surface area contributed by atoms with Crippen molar-refractivity contribution < 1.29 is 9.53 Å². The second-order valence-corrected chi connectivity index (χ2v) is 5.26. The summed E-state index contributed by atoms with van der Waals surface area (Å²) in [5, 5.41) is 14.4. The second-order valence-electron chi connectivity index (χ2n) is 5.26. The van der Waals surface area contributed by atoms with Crippen molar-refractivity contribution in [1.29, 1.82) is 0 Å². The molecule has 2 N–H and O–H groups in total. The lowest BCUT2D eigenvalue weighted by molar-refractivity contribution is -0.126. The number of nitrogens with zero attached hydrogens (tertiary/aromatic N) is 3. The number of carbonyl (C=O) groups excluding carboxylic acids is 1. The van der Waals surface area contributed by atoms with Gasteiger partial charge in [0, 0.05) is 12.2 Å². The van der Waals surface area contributed by atoms with Gasteiger partial charge in [0.25, 0.3) is 0 Å². The Bertz CT molecular complexity index is 641. The molecular formula is C14H19N5O2. The first-order valence-electron chi connectivity index (χ1n) is 7.05. The number of rotatable bonds is 4. The molecule has 21 heavy (non-hydrogen) atoms. The molecule has 3 atom stereocenters. The maximum absolute atomic E-state index is 12.4. The molecule has 7 heteroatoms. The Labute approximate surface area is 122 Å². The zero-order valence-electron chi connectivity index (χ0n) is 12.1. The van der Waals surface area contributed by atoms with Gasteiger partial charge in [0.1, 0.15) is 0 Å². The van der Waals surface area contributed by atoms with Gasteiger partial charge in [0.05, 0.1) is 25.2 Å². The van der Waals surface area contributed by atoms with E-state index in [1.807, 2.05) is 42.8 Å². The molecule has 0 bridgehead atoms. The molecule has 7 nitrogen and oxygen atoms in total. The molecule has 3 rings (SSSR count). The monoisotopic (exact) mass is 289 g/mol. The third kappa shape index (κ3) is 2.62. The summed E-state index contributed by atoms with van der Waals surface area (Å²) in [4.78, 5) is 12.4. The number of aromatic nitrogens is 3. The van der Waals surface area contributed by atoms with Gasteiger partial charge in [0.2, 0.25) is 5.91 Å². The summed E-state index contributed by atoms with van der Waals surface area (Å²) in [5.74, 6) is 0.530. The van der Waals surface area contributed by atoms with Crippen LogP contribution in [0, 0.1) is 5.92 Å². The van der Waals surface area contributed by atoms with E-state index in [4.69, 9.17) is 4.74 Å². The molecule has 1 fully saturated rings. The molecule has 2 aromatic rings.